The first-order valence-electron chi connectivity index (χ1n) is 5.72. The monoisotopic (exact) mass is 336 g/mol. The zero-order valence-electron chi connectivity index (χ0n) is 9.86. The SMILES string of the molecule is NCc1nc2cc(Br)cc(-c3ccc(F)cc3)c2s1. The van der Waals surface area contributed by atoms with Crippen LogP contribution in [0.3, 0.4) is 0 Å². The van der Waals surface area contributed by atoms with Crippen molar-refractivity contribution in [2.45, 2.75) is 6.54 Å². The third kappa shape index (κ3) is 2.41. The van der Waals surface area contributed by atoms with Crippen molar-refractivity contribution >= 4 is 37.5 Å². The largest absolute Gasteiger partial charge is 0.325 e. The van der Waals surface area contributed by atoms with Crippen molar-refractivity contribution in [1.29, 1.82) is 0 Å². The van der Waals surface area contributed by atoms with Crippen LogP contribution in [0.5, 0.6) is 0 Å². The number of hydrogen-bond acceptors (Lipinski definition) is 3. The Kier molecular flexibility index (Phi) is 3.35. The number of nitrogens with zero attached hydrogens (tertiary/aromatic N) is 1. The van der Waals surface area contributed by atoms with Gasteiger partial charge in [0.25, 0.3) is 0 Å². The van der Waals surface area contributed by atoms with Gasteiger partial charge in [0.15, 0.2) is 0 Å². The minimum Gasteiger partial charge on any atom is -0.325 e. The summed E-state index contributed by atoms with van der Waals surface area (Å²) in [5.74, 6) is -0.234. The van der Waals surface area contributed by atoms with Crippen LogP contribution in [-0.2, 0) is 6.54 Å². The third-order valence-electron chi connectivity index (χ3n) is 2.83. The van der Waals surface area contributed by atoms with Gasteiger partial charge < -0.3 is 5.73 Å². The summed E-state index contributed by atoms with van der Waals surface area (Å²) in [4.78, 5) is 4.49. The Labute approximate surface area is 122 Å². The molecular formula is C14H10BrFN2S. The topological polar surface area (TPSA) is 38.9 Å². The molecule has 1 aromatic heterocycles. The van der Waals surface area contributed by atoms with Crippen molar-refractivity contribution in [3.8, 4) is 11.1 Å². The van der Waals surface area contributed by atoms with Crippen LogP contribution in [-0.4, -0.2) is 4.98 Å². The Morgan fingerprint density at radius 2 is 1.95 bits per heavy atom. The summed E-state index contributed by atoms with van der Waals surface area (Å²) in [6.07, 6.45) is 0. The van der Waals surface area contributed by atoms with Gasteiger partial charge in [-0.25, -0.2) is 9.37 Å². The van der Waals surface area contributed by atoms with Crippen molar-refractivity contribution in [1.82, 2.24) is 4.98 Å². The lowest BCUT2D eigenvalue weighted by atomic mass is 10.1. The standard InChI is InChI=1S/C14H10BrFN2S/c15-9-5-11(8-1-3-10(16)4-2-8)14-12(6-9)18-13(7-17)19-14/h1-6H,7,17H2. The first kappa shape index (κ1) is 12.7. The number of thiazole rings is 1. The molecule has 2 nitrogen and oxygen atoms in total. The van der Waals surface area contributed by atoms with E-state index < -0.39 is 0 Å². The van der Waals surface area contributed by atoms with Gasteiger partial charge in [0.2, 0.25) is 0 Å². The zero-order chi connectivity index (χ0) is 13.4. The maximum absolute atomic E-state index is 13.0. The minimum absolute atomic E-state index is 0.234. The predicted molar refractivity (Wildman–Crippen MR) is 80.6 cm³/mol. The quantitative estimate of drug-likeness (QED) is 0.756. The number of aromatic nitrogens is 1. The van der Waals surface area contributed by atoms with Crippen molar-refractivity contribution in [2.75, 3.05) is 0 Å². The molecule has 0 saturated carbocycles. The highest BCUT2D eigenvalue weighted by molar-refractivity contribution is 9.10. The van der Waals surface area contributed by atoms with Gasteiger partial charge in [-0.3, -0.25) is 0 Å². The second-order valence-electron chi connectivity index (χ2n) is 4.12. The molecule has 0 atom stereocenters. The van der Waals surface area contributed by atoms with Gasteiger partial charge in [-0.05, 0) is 29.8 Å². The summed E-state index contributed by atoms with van der Waals surface area (Å²) in [6.45, 7) is 0.430. The lowest BCUT2D eigenvalue weighted by Crippen LogP contribution is -1.93. The van der Waals surface area contributed by atoms with E-state index in [1.54, 1.807) is 23.5 Å². The third-order valence-corrected chi connectivity index (χ3v) is 4.41. The van der Waals surface area contributed by atoms with Gasteiger partial charge in [0, 0.05) is 16.6 Å². The van der Waals surface area contributed by atoms with E-state index in [0.29, 0.717) is 6.54 Å². The lowest BCUT2D eigenvalue weighted by molar-refractivity contribution is 0.628. The van der Waals surface area contributed by atoms with Gasteiger partial charge in [-0.2, -0.15) is 0 Å². The normalized spacial score (nSPS) is 11.1. The molecule has 19 heavy (non-hydrogen) atoms. The molecule has 0 amide bonds. The Hall–Kier alpha value is -1.30. The Bertz CT molecular complexity index is 737. The number of hydrogen-bond donors (Lipinski definition) is 1. The van der Waals surface area contributed by atoms with Crippen LogP contribution in [0.2, 0.25) is 0 Å². The minimum atomic E-state index is -0.234. The summed E-state index contributed by atoms with van der Waals surface area (Å²) in [6, 6.07) is 10.5. The Morgan fingerprint density at radius 3 is 2.63 bits per heavy atom. The molecule has 2 N–H and O–H groups in total. The van der Waals surface area contributed by atoms with E-state index in [1.165, 1.54) is 12.1 Å². The second-order valence-corrected chi connectivity index (χ2v) is 6.12. The summed E-state index contributed by atoms with van der Waals surface area (Å²) < 4.78 is 15.0. The summed E-state index contributed by atoms with van der Waals surface area (Å²) in [5, 5.41) is 0.900. The van der Waals surface area contributed by atoms with Crippen LogP contribution in [0.25, 0.3) is 21.3 Å². The van der Waals surface area contributed by atoms with Crippen LogP contribution in [0.4, 0.5) is 4.39 Å². The molecule has 0 radical (unpaired) electrons. The van der Waals surface area contributed by atoms with E-state index in [4.69, 9.17) is 5.73 Å². The smallest absolute Gasteiger partial charge is 0.123 e. The van der Waals surface area contributed by atoms with E-state index in [-0.39, 0.29) is 5.82 Å². The van der Waals surface area contributed by atoms with Crippen LogP contribution in [0.1, 0.15) is 5.01 Å². The molecule has 3 aromatic rings. The summed E-state index contributed by atoms with van der Waals surface area (Å²) >= 11 is 5.07. The maximum atomic E-state index is 13.0. The van der Waals surface area contributed by atoms with Gasteiger partial charge in [-0.15, -0.1) is 11.3 Å². The highest BCUT2D eigenvalue weighted by Gasteiger charge is 2.10. The molecule has 0 fully saturated rings. The molecule has 0 bridgehead atoms. The second kappa shape index (κ2) is 5.00. The lowest BCUT2D eigenvalue weighted by Gasteiger charge is -2.04. The molecule has 5 heteroatoms. The van der Waals surface area contributed by atoms with Crippen LogP contribution in [0.15, 0.2) is 40.9 Å². The van der Waals surface area contributed by atoms with Crippen molar-refractivity contribution < 1.29 is 4.39 Å². The van der Waals surface area contributed by atoms with E-state index in [0.717, 1.165) is 30.8 Å². The first-order valence-corrected chi connectivity index (χ1v) is 7.33. The fraction of sp³-hybridized carbons (Fsp3) is 0.0714. The molecule has 2 aromatic carbocycles. The number of benzene rings is 2. The number of halogens is 2. The van der Waals surface area contributed by atoms with E-state index >= 15 is 0 Å². The summed E-state index contributed by atoms with van der Waals surface area (Å²) in [7, 11) is 0. The van der Waals surface area contributed by atoms with E-state index in [2.05, 4.69) is 20.9 Å². The fourth-order valence-electron chi connectivity index (χ4n) is 1.98. The highest BCUT2D eigenvalue weighted by atomic mass is 79.9. The zero-order valence-corrected chi connectivity index (χ0v) is 12.3. The van der Waals surface area contributed by atoms with Crippen LogP contribution >= 0.6 is 27.3 Å². The maximum Gasteiger partial charge on any atom is 0.123 e. The van der Waals surface area contributed by atoms with E-state index in [9.17, 15) is 4.39 Å². The molecule has 0 aliphatic carbocycles. The van der Waals surface area contributed by atoms with Crippen molar-refractivity contribution in [3.63, 3.8) is 0 Å². The molecule has 0 aliphatic rings. The Morgan fingerprint density at radius 1 is 1.21 bits per heavy atom. The molecular weight excluding hydrogens is 327 g/mol. The first-order chi connectivity index (χ1) is 9.17. The molecule has 0 spiro atoms. The van der Waals surface area contributed by atoms with Gasteiger partial charge in [-0.1, -0.05) is 28.1 Å². The van der Waals surface area contributed by atoms with Crippen molar-refractivity contribution in [2.24, 2.45) is 5.73 Å². The van der Waals surface area contributed by atoms with E-state index in [1.807, 2.05) is 12.1 Å². The predicted octanol–water partition coefficient (Wildman–Crippen LogP) is 4.32. The summed E-state index contributed by atoms with van der Waals surface area (Å²) in [5.41, 5.74) is 8.58. The molecule has 0 aliphatic heterocycles. The average Bonchev–Trinajstić information content (AvgIpc) is 2.81. The number of nitrogens with two attached hydrogens (primary N) is 1. The fourth-order valence-corrected chi connectivity index (χ4v) is 3.38. The Balaban J connectivity index is 2.26. The van der Waals surface area contributed by atoms with Gasteiger partial charge in [0.05, 0.1) is 10.2 Å². The molecule has 1 heterocycles. The van der Waals surface area contributed by atoms with Gasteiger partial charge >= 0.3 is 0 Å². The molecule has 3 rings (SSSR count). The number of rotatable bonds is 2. The number of fused-ring (bicyclic) bond motifs is 1. The molecule has 0 unspecified atom stereocenters. The highest BCUT2D eigenvalue weighted by Crippen LogP contribution is 2.35. The molecule has 96 valence electrons. The van der Waals surface area contributed by atoms with Crippen LogP contribution in [0, 0.1) is 5.82 Å². The average molecular weight is 337 g/mol. The molecule has 0 saturated heterocycles. The van der Waals surface area contributed by atoms with Gasteiger partial charge in [0.1, 0.15) is 10.8 Å². The van der Waals surface area contributed by atoms with Crippen molar-refractivity contribution in [3.05, 3.63) is 51.7 Å². The van der Waals surface area contributed by atoms with Crippen LogP contribution < -0.4 is 5.73 Å².